The number of benzene rings is 1. The van der Waals surface area contributed by atoms with Crippen molar-refractivity contribution in [3.63, 3.8) is 0 Å². The molecule has 2 heterocycles. The van der Waals surface area contributed by atoms with Crippen LogP contribution in [0.15, 0.2) is 24.3 Å². The first-order chi connectivity index (χ1) is 10.2. The van der Waals surface area contributed by atoms with E-state index in [1.807, 2.05) is 24.3 Å². The van der Waals surface area contributed by atoms with Crippen LogP contribution in [-0.2, 0) is 4.79 Å². The summed E-state index contributed by atoms with van der Waals surface area (Å²) in [5.74, 6) is 0.722. The zero-order chi connectivity index (χ0) is 14.7. The van der Waals surface area contributed by atoms with E-state index in [2.05, 4.69) is 15.5 Å². The number of hydrogen-bond acceptors (Lipinski definition) is 4. The Bertz CT molecular complexity index is 512. The molecule has 6 heteroatoms. The highest BCUT2D eigenvalue weighted by atomic mass is 35.5. The summed E-state index contributed by atoms with van der Waals surface area (Å²) >= 11 is 0. The fraction of sp³-hybridized carbons (Fsp3) is 0.562. The minimum Gasteiger partial charge on any atom is -0.495 e. The van der Waals surface area contributed by atoms with E-state index in [0.29, 0.717) is 24.4 Å². The lowest BCUT2D eigenvalue weighted by atomic mass is 10.1. The van der Waals surface area contributed by atoms with Gasteiger partial charge in [-0.15, -0.1) is 12.4 Å². The molecule has 2 bridgehead atoms. The van der Waals surface area contributed by atoms with Crippen LogP contribution in [-0.4, -0.2) is 49.6 Å². The number of nitrogens with zero attached hydrogens (tertiary/aromatic N) is 1. The molecule has 22 heavy (non-hydrogen) atoms. The number of halogens is 1. The standard InChI is InChI=1S/C16H23N3O2.ClH/c1-21-15-5-3-2-4-14(15)18-16(20)11-19-9-8-12-6-7-13(10-19)17-12;/h2-5,12-13,17H,6-11H2,1H3,(H,18,20);1H. The van der Waals surface area contributed by atoms with E-state index in [1.54, 1.807) is 7.11 Å². The van der Waals surface area contributed by atoms with Crippen LogP contribution in [0.4, 0.5) is 5.69 Å². The Kier molecular flexibility index (Phi) is 6.06. The van der Waals surface area contributed by atoms with Crippen LogP contribution in [0.5, 0.6) is 5.75 Å². The molecule has 2 aliphatic rings. The molecule has 3 rings (SSSR count). The van der Waals surface area contributed by atoms with Crippen molar-refractivity contribution in [1.29, 1.82) is 0 Å². The Hall–Kier alpha value is -1.30. The van der Waals surface area contributed by atoms with E-state index >= 15 is 0 Å². The van der Waals surface area contributed by atoms with E-state index < -0.39 is 0 Å². The monoisotopic (exact) mass is 325 g/mol. The lowest BCUT2D eigenvalue weighted by Gasteiger charge is -2.23. The Morgan fingerprint density at radius 2 is 2.09 bits per heavy atom. The quantitative estimate of drug-likeness (QED) is 0.887. The summed E-state index contributed by atoms with van der Waals surface area (Å²) in [4.78, 5) is 14.5. The molecule has 0 aromatic heterocycles. The molecule has 1 aromatic carbocycles. The summed E-state index contributed by atoms with van der Waals surface area (Å²) < 4.78 is 5.26. The van der Waals surface area contributed by atoms with Gasteiger partial charge in [-0.05, 0) is 31.4 Å². The maximum Gasteiger partial charge on any atom is 0.238 e. The van der Waals surface area contributed by atoms with Gasteiger partial charge in [-0.1, -0.05) is 12.1 Å². The van der Waals surface area contributed by atoms with Crippen molar-refractivity contribution in [2.24, 2.45) is 0 Å². The van der Waals surface area contributed by atoms with Crippen LogP contribution < -0.4 is 15.4 Å². The molecule has 122 valence electrons. The average molecular weight is 326 g/mol. The lowest BCUT2D eigenvalue weighted by molar-refractivity contribution is -0.117. The molecule has 2 fully saturated rings. The zero-order valence-electron chi connectivity index (χ0n) is 12.9. The minimum absolute atomic E-state index is 0. The molecule has 1 aromatic rings. The van der Waals surface area contributed by atoms with Crippen LogP contribution in [0, 0.1) is 0 Å². The number of hydrogen-bond donors (Lipinski definition) is 2. The van der Waals surface area contributed by atoms with E-state index in [0.717, 1.165) is 25.2 Å². The molecule has 2 N–H and O–H groups in total. The molecule has 1 amide bonds. The second-order valence-electron chi connectivity index (χ2n) is 5.91. The fourth-order valence-corrected chi connectivity index (χ4v) is 3.30. The molecule has 2 atom stereocenters. The van der Waals surface area contributed by atoms with E-state index in [9.17, 15) is 4.79 Å². The third kappa shape index (κ3) is 4.12. The van der Waals surface area contributed by atoms with Gasteiger partial charge >= 0.3 is 0 Å². The first-order valence-corrected chi connectivity index (χ1v) is 7.66. The van der Waals surface area contributed by atoms with Crippen molar-refractivity contribution in [2.45, 2.75) is 31.3 Å². The van der Waals surface area contributed by atoms with Crippen molar-refractivity contribution in [3.8, 4) is 5.75 Å². The van der Waals surface area contributed by atoms with Gasteiger partial charge in [-0.25, -0.2) is 0 Å². The summed E-state index contributed by atoms with van der Waals surface area (Å²) in [5.41, 5.74) is 0.736. The van der Waals surface area contributed by atoms with Gasteiger partial charge in [0.15, 0.2) is 0 Å². The van der Waals surface area contributed by atoms with E-state index in [1.165, 1.54) is 12.8 Å². The van der Waals surface area contributed by atoms with Crippen molar-refractivity contribution < 1.29 is 9.53 Å². The number of likely N-dealkylation sites (tertiary alicyclic amines) is 1. The number of carbonyl (C=O) groups is 1. The first-order valence-electron chi connectivity index (χ1n) is 7.66. The number of fused-ring (bicyclic) bond motifs is 2. The Labute approximate surface area is 137 Å². The summed E-state index contributed by atoms with van der Waals surface area (Å²) in [5, 5.41) is 6.58. The third-order valence-corrected chi connectivity index (χ3v) is 4.36. The second-order valence-corrected chi connectivity index (χ2v) is 5.91. The normalized spacial score (nSPS) is 24.2. The molecule has 0 aliphatic carbocycles. The number of carbonyl (C=O) groups excluding carboxylic acids is 1. The van der Waals surface area contributed by atoms with Gasteiger partial charge in [0.25, 0.3) is 0 Å². The largest absolute Gasteiger partial charge is 0.495 e. The zero-order valence-corrected chi connectivity index (χ0v) is 13.7. The van der Waals surface area contributed by atoms with Crippen LogP contribution in [0.3, 0.4) is 0 Å². The molecule has 0 saturated carbocycles. The molecular weight excluding hydrogens is 302 g/mol. The SMILES string of the molecule is COc1ccccc1NC(=O)CN1CCC2CCC(C1)N2.Cl. The topological polar surface area (TPSA) is 53.6 Å². The van der Waals surface area contributed by atoms with Gasteiger partial charge in [-0.3, -0.25) is 9.69 Å². The number of anilines is 1. The molecular formula is C16H24ClN3O2. The fourth-order valence-electron chi connectivity index (χ4n) is 3.30. The number of methoxy groups -OCH3 is 1. The van der Waals surface area contributed by atoms with Crippen molar-refractivity contribution in [3.05, 3.63) is 24.3 Å². The highest BCUT2D eigenvalue weighted by Gasteiger charge is 2.29. The van der Waals surface area contributed by atoms with Gasteiger partial charge in [0.1, 0.15) is 5.75 Å². The Balaban J connectivity index is 0.00000176. The van der Waals surface area contributed by atoms with Gasteiger partial charge in [0, 0.05) is 25.2 Å². The number of amides is 1. The predicted molar refractivity (Wildman–Crippen MR) is 89.9 cm³/mol. The van der Waals surface area contributed by atoms with Gasteiger partial charge in [0.05, 0.1) is 19.3 Å². The van der Waals surface area contributed by atoms with E-state index in [-0.39, 0.29) is 18.3 Å². The van der Waals surface area contributed by atoms with Gasteiger partial charge < -0.3 is 15.4 Å². The minimum atomic E-state index is 0. The molecule has 2 aliphatic heterocycles. The van der Waals surface area contributed by atoms with Crippen LogP contribution >= 0.6 is 12.4 Å². The number of nitrogens with one attached hydrogen (secondary N) is 2. The summed E-state index contributed by atoms with van der Waals surface area (Å²) in [6.07, 6.45) is 3.65. The number of ether oxygens (including phenoxy) is 1. The van der Waals surface area contributed by atoms with Crippen molar-refractivity contribution in [1.82, 2.24) is 10.2 Å². The summed E-state index contributed by atoms with van der Waals surface area (Å²) in [6, 6.07) is 8.71. The van der Waals surface area contributed by atoms with Gasteiger partial charge in [-0.2, -0.15) is 0 Å². The smallest absolute Gasteiger partial charge is 0.238 e. The second kappa shape index (κ2) is 7.81. The maximum atomic E-state index is 12.2. The average Bonchev–Trinajstić information content (AvgIpc) is 2.82. The van der Waals surface area contributed by atoms with Crippen molar-refractivity contribution >= 4 is 24.0 Å². The highest BCUT2D eigenvalue weighted by molar-refractivity contribution is 5.93. The predicted octanol–water partition coefficient (Wildman–Crippen LogP) is 1.88. The van der Waals surface area contributed by atoms with Crippen LogP contribution in [0.2, 0.25) is 0 Å². The summed E-state index contributed by atoms with van der Waals surface area (Å²) in [7, 11) is 1.61. The summed E-state index contributed by atoms with van der Waals surface area (Å²) in [6.45, 7) is 2.41. The first kappa shape index (κ1) is 17.1. The maximum absolute atomic E-state index is 12.2. The highest BCUT2D eigenvalue weighted by Crippen LogP contribution is 2.23. The van der Waals surface area contributed by atoms with Crippen molar-refractivity contribution in [2.75, 3.05) is 32.1 Å². The van der Waals surface area contributed by atoms with Crippen LogP contribution in [0.1, 0.15) is 19.3 Å². The van der Waals surface area contributed by atoms with Gasteiger partial charge in [0.2, 0.25) is 5.91 Å². The lowest BCUT2D eigenvalue weighted by Crippen LogP contribution is -2.39. The number of para-hydroxylation sites is 2. The molecule has 5 nitrogen and oxygen atoms in total. The van der Waals surface area contributed by atoms with E-state index in [4.69, 9.17) is 4.74 Å². The molecule has 0 radical (unpaired) electrons. The molecule has 0 spiro atoms. The molecule has 2 saturated heterocycles. The molecule has 2 unspecified atom stereocenters. The Morgan fingerprint density at radius 3 is 2.91 bits per heavy atom. The third-order valence-electron chi connectivity index (χ3n) is 4.36. The number of rotatable bonds is 4. The van der Waals surface area contributed by atoms with Crippen LogP contribution in [0.25, 0.3) is 0 Å². The Morgan fingerprint density at radius 1 is 1.32 bits per heavy atom.